The summed E-state index contributed by atoms with van der Waals surface area (Å²) < 4.78 is 11.4. The molecule has 0 aromatic heterocycles. The first-order valence-electron chi connectivity index (χ1n) is 9.25. The third-order valence-electron chi connectivity index (χ3n) is 4.39. The van der Waals surface area contributed by atoms with Gasteiger partial charge in [-0.1, -0.05) is 42.5 Å². The van der Waals surface area contributed by atoms with Crippen molar-refractivity contribution < 1.29 is 19.1 Å². The van der Waals surface area contributed by atoms with E-state index >= 15 is 0 Å². The largest absolute Gasteiger partial charge is 0.498 e. The van der Waals surface area contributed by atoms with Gasteiger partial charge in [0.05, 0.1) is 5.50 Å². The highest BCUT2D eigenvalue weighted by molar-refractivity contribution is 6.14. The van der Waals surface area contributed by atoms with Crippen LogP contribution in [0.2, 0.25) is 0 Å². The maximum atomic E-state index is 12.8. The van der Waals surface area contributed by atoms with Gasteiger partial charge in [0.15, 0.2) is 5.78 Å². The van der Waals surface area contributed by atoms with E-state index in [9.17, 15) is 9.59 Å². The zero-order valence-corrected chi connectivity index (χ0v) is 17.4. The van der Waals surface area contributed by atoms with Crippen molar-refractivity contribution in [3.05, 3.63) is 65.7 Å². The standard InChI is InChI=1S/C23H27BO4/c1-21(2,19(25)16-10-8-7-9-11-16)20(26)28-22(3,4)17-12-14-18(15-13-17)27-23(5,6)24/h7-15H,1-6H3. The number of benzene rings is 2. The molecule has 0 atom stereocenters. The molecular weight excluding hydrogens is 351 g/mol. The molecule has 2 rings (SSSR count). The molecule has 0 amide bonds. The van der Waals surface area contributed by atoms with Crippen molar-refractivity contribution in [2.45, 2.75) is 52.6 Å². The summed E-state index contributed by atoms with van der Waals surface area (Å²) in [6, 6.07) is 15.9. The molecule has 2 radical (unpaired) electrons. The summed E-state index contributed by atoms with van der Waals surface area (Å²) in [6.45, 7) is 10.3. The van der Waals surface area contributed by atoms with Crippen LogP contribution in [0.4, 0.5) is 0 Å². The number of esters is 1. The van der Waals surface area contributed by atoms with Crippen LogP contribution < -0.4 is 4.74 Å². The average Bonchev–Trinajstić information content (AvgIpc) is 2.60. The number of carbonyl (C=O) groups is 2. The van der Waals surface area contributed by atoms with Crippen LogP contribution >= 0.6 is 0 Å². The van der Waals surface area contributed by atoms with Crippen molar-refractivity contribution in [1.29, 1.82) is 0 Å². The molecule has 0 fully saturated rings. The Morgan fingerprint density at radius 1 is 0.821 bits per heavy atom. The summed E-state index contributed by atoms with van der Waals surface area (Å²) in [5.74, 6) is -0.226. The molecule has 0 aliphatic heterocycles. The topological polar surface area (TPSA) is 52.6 Å². The van der Waals surface area contributed by atoms with Crippen LogP contribution in [0.5, 0.6) is 5.75 Å². The second-order valence-electron chi connectivity index (χ2n) is 8.45. The molecule has 0 aliphatic carbocycles. The maximum absolute atomic E-state index is 12.8. The molecule has 0 heterocycles. The van der Waals surface area contributed by atoms with E-state index in [0.29, 0.717) is 11.3 Å². The molecule has 0 bridgehead atoms. The lowest BCUT2D eigenvalue weighted by atomic mass is 9.84. The zero-order chi connectivity index (χ0) is 21.2. The van der Waals surface area contributed by atoms with E-state index in [1.807, 2.05) is 18.2 Å². The highest BCUT2D eigenvalue weighted by atomic mass is 16.6. The summed E-state index contributed by atoms with van der Waals surface area (Å²) in [5, 5.41) is 0. The second kappa shape index (κ2) is 7.82. The number of ether oxygens (including phenoxy) is 2. The molecule has 28 heavy (non-hydrogen) atoms. The minimum absolute atomic E-state index is 0.275. The van der Waals surface area contributed by atoms with Crippen LogP contribution in [0.1, 0.15) is 57.5 Å². The van der Waals surface area contributed by atoms with Gasteiger partial charge in [-0.25, -0.2) is 0 Å². The lowest BCUT2D eigenvalue weighted by Crippen LogP contribution is -2.39. The number of Topliss-reactive ketones (excluding diaryl/α,β-unsaturated/α-hetero) is 1. The summed E-state index contributed by atoms with van der Waals surface area (Å²) in [4.78, 5) is 25.6. The Labute approximate surface area is 168 Å². The molecule has 146 valence electrons. The molecule has 0 saturated carbocycles. The molecule has 2 aromatic rings. The number of hydrogen-bond donors (Lipinski definition) is 0. The van der Waals surface area contributed by atoms with Crippen molar-refractivity contribution >= 4 is 19.6 Å². The van der Waals surface area contributed by atoms with Crippen LogP contribution in [-0.2, 0) is 15.1 Å². The highest BCUT2D eigenvalue weighted by Crippen LogP contribution is 2.32. The Morgan fingerprint density at radius 2 is 1.36 bits per heavy atom. The maximum Gasteiger partial charge on any atom is 0.320 e. The van der Waals surface area contributed by atoms with E-state index in [-0.39, 0.29) is 5.78 Å². The van der Waals surface area contributed by atoms with Crippen LogP contribution in [0, 0.1) is 5.41 Å². The number of hydrogen-bond acceptors (Lipinski definition) is 4. The lowest BCUT2D eigenvalue weighted by Gasteiger charge is -2.31. The number of rotatable bonds is 7. The summed E-state index contributed by atoms with van der Waals surface area (Å²) >= 11 is 0. The zero-order valence-electron chi connectivity index (χ0n) is 17.4. The van der Waals surface area contributed by atoms with Gasteiger partial charge in [0, 0.05) is 5.56 Å². The Kier molecular flexibility index (Phi) is 6.07. The van der Waals surface area contributed by atoms with Gasteiger partial charge in [-0.2, -0.15) is 0 Å². The molecule has 0 aliphatic rings. The fourth-order valence-electron chi connectivity index (χ4n) is 2.69. The van der Waals surface area contributed by atoms with Gasteiger partial charge in [-0.15, -0.1) is 0 Å². The Balaban J connectivity index is 2.16. The van der Waals surface area contributed by atoms with Gasteiger partial charge >= 0.3 is 5.97 Å². The van der Waals surface area contributed by atoms with Crippen molar-refractivity contribution in [3.63, 3.8) is 0 Å². The van der Waals surface area contributed by atoms with Crippen molar-refractivity contribution in [1.82, 2.24) is 0 Å². The predicted molar refractivity (Wildman–Crippen MR) is 111 cm³/mol. The highest BCUT2D eigenvalue weighted by Gasteiger charge is 2.41. The minimum atomic E-state index is -1.30. The summed E-state index contributed by atoms with van der Waals surface area (Å²) in [7, 11) is 5.86. The van der Waals surface area contributed by atoms with Crippen molar-refractivity contribution in [2.24, 2.45) is 5.41 Å². The van der Waals surface area contributed by atoms with Crippen LogP contribution in [0.3, 0.4) is 0 Å². The normalized spacial score (nSPS) is 12.4. The van der Waals surface area contributed by atoms with Gasteiger partial charge in [0.2, 0.25) is 0 Å². The number of carbonyl (C=O) groups excluding carboxylic acids is 2. The first-order chi connectivity index (χ1) is 12.8. The van der Waals surface area contributed by atoms with E-state index in [4.69, 9.17) is 17.3 Å². The fraction of sp³-hybridized carbons (Fsp3) is 0.391. The monoisotopic (exact) mass is 378 g/mol. The molecule has 4 nitrogen and oxygen atoms in total. The Morgan fingerprint density at radius 3 is 1.86 bits per heavy atom. The number of ketones is 1. The third kappa shape index (κ3) is 5.25. The predicted octanol–water partition coefficient (Wildman–Crippen LogP) is 4.66. The average molecular weight is 378 g/mol. The van der Waals surface area contributed by atoms with E-state index in [1.54, 1.807) is 77.9 Å². The third-order valence-corrected chi connectivity index (χ3v) is 4.39. The molecular formula is C23H27BO4. The van der Waals surface area contributed by atoms with Gasteiger partial charge in [-0.3, -0.25) is 9.59 Å². The van der Waals surface area contributed by atoms with Gasteiger partial charge < -0.3 is 9.47 Å². The second-order valence-corrected chi connectivity index (χ2v) is 8.45. The van der Waals surface area contributed by atoms with Gasteiger partial charge in [0.1, 0.15) is 24.6 Å². The fourth-order valence-corrected chi connectivity index (χ4v) is 2.69. The van der Waals surface area contributed by atoms with E-state index < -0.39 is 22.5 Å². The van der Waals surface area contributed by atoms with Gasteiger partial charge in [0.25, 0.3) is 0 Å². The molecule has 0 unspecified atom stereocenters. The quantitative estimate of drug-likeness (QED) is 0.304. The molecule has 2 aromatic carbocycles. The summed E-state index contributed by atoms with van der Waals surface area (Å²) in [5.41, 5.74) is -1.74. The molecule has 0 saturated heterocycles. The minimum Gasteiger partial charge on any atom is -0.498 e. The van der Waals surface area contributed by atoms with E-state index in [1.165, 1.54) is 0 Å². The lowest BCUT2D eigenvalue weighted by molar-refractivity contribution is -0.165. The van der Waals surface area contributed by atoms with E-state index in [2.05, 4.69) is 0 Å². The molecule has 5 heteroatoms. The summed E-state index contributed by atoms with van der Waals surface area (Å²) in [6.07, 6.45) is 0. The van der Waals surface area contributed by atoms with Gasteiger partial charge in [-0.05, 0) is 59.2 Å². The van der Waals surface area contributed by atoms with Crippen LogP contribution in [0.15, 0.2) is 54.6 Å². The smallest absolute Gasteiger partial charge is 0.320 e. The molecule has 0 N–H and O–H groups in total. The SMILES string of the molecule is [B]C(C)(C)Oc1ccc(C(C)(C)OC(=O)C(C)(C)C(=O)c2ccccc2)cc1. The van der Waals surface area contributed by atoms with Crippen LogP contribution in [-0.4, -0.2) is 25.1 Å². The molecule has 0 spiro atoms. The first kappa shape index (κ1) is 21.7. The van der Waals surface area contributed by atoms with Crippen molar-refractivity contribution in [2.75, 3.05) is 0 Å². The van der Waals surface area contributed by atoms with Crippen molar-refractivity contribution in [3.8, 4) is 5.75 Å². The van der Waals surface area contributed by atoms with E-state index in [0.717, 1.165) is 5.56 Å². The van der Waals surface area contributed by atoms with Crippen LogP contribution in [0.25, 0.3) is 0 Å². The Bertz CT molecular complexity index is 831. The first-order valence-corrected chi connectivity index (χ1v) is 9.25. The Hall–Kier alpha value is -2.56.